The van der Waals surface area contributed by atoms with Crippen LogP contribution in [0, 0.1) is 0 Å². The van der Waals surface area contributed by atoms with Gasteiger partial charge in [-0.15, -0.1) is 11.3 Å². The molecule has 15 heteroatoms. The van der Waals surface area contributed by atoms with Gasteiger partial charge in [-0.3, -0.25) is 23.7 Å². The average molecular weight is 651 g/mol. The number of hydrogen-bond acceptors (Lipinski definition) is 6. The van der Waals surface area contributed by atoms with E-state index in [-0.39, 0.29) is 33.7 Å². The number of carbonyl (C=O) groups excluding carboxylic acids is 3. The predicted octanol–water partition coefficient (Wildman–Crippen LogP) is 3.55. The quantitative estimate of drug-likeness (QED) is 0.271. The van der Waals surface area contributed by atoms with Crippen molar-refractivity contribution in [2.45, 2.75) is 68.7 Å². The highest BCUT2D eigenvalue weighted by atomic mass is 32.1. The fourth-order valence-corrected chi connectivity index (χ4v) is 7.38. The first-order valence-electron chi connectivity index (χ1n) is 14.3. The number of likely N-dealkylation sites (N-methyl/N-ethyl adjacent to an activating group) is 1. The van der Waals surface area contributed by atoms with E-state index in [1.807, 2.05) is 0 Å². The van der Waals surface area contributed by atoms with Gasteiger partial charge in [0.15, 0.2) is 0 Å². The Bertz CT molecular complexity index is 1690. The number of halogens is 2. The lowest BCUT2D eigenvalue weighted by molar-refractivity contribution is -0.146. The Balaban J connectivity index is 1.30. The minimum Gasteiger partial charge on any atom is -0.344 e. The third-order valence-corrected chi connectivity index (χ3v) is 10.4. The molecule has 0 spiro atoms. The summed E-state index contributed by atoms with van der Waals surface area (Å²) >= 11 is 1.01. The molecule has 0 saturated carbocycles. The molecule has 2 saturated heterocycles. The number of amides is 3. The average Bonchev–Trinajstić information content (AvgIpc) is 3.59. The summed E-state index contributed by atoms with van der Waals surface area (Å²) in [7, 11) is -4.09. The van der Waals surface area contributed by atoms with Gasteiger partial charge in [-0.25, -0.2) is 0 Å². The Morgan fingerprint density at radius 2 is 1.86 bits per heavy atom. The number of alkyl halides is 2. The highest BCUT2D eigenvalue weighted by Gasteiger charge is 2.50. The number of fused-ring (bicyclic) bond motifs is 2. The van der Waals surface area contributed by atoms with E-state index in [4.69, 9.17) is 9.79 Å². The Kier molecular flexibility index (Phi) is 9.08. The lowest BCUT2D eigenvalue weighted by Gasteiger charge is -2.36. The van der Waals surface area contributed by atoms with Crippen LogP contribution in [0.2, 0.25) is 0 Å². The topological polar surface area (TPSA) is 160 Å². The van der Waals surface area contributed by atoms with Gasteiger partial charge in [0.25, 0.3) is 5.91 Å². The Morgan fingerprint density at radius 3 is 2.59 bits per heavy atom. The van der Waals surface area contributed by atoms with Gasteiger partial charge in [-0.1, -0.05) is 18.9 Å². The number of carbonyl (C=O) groups is 3. The molecule has 0 aliphatic carbocycles. The number of nitrogens with one attached hydrogen (secondary N) is 2. The molecule has 2 fully saturated rings. The van der Waals surface area contributed by atoms with Crippen LogP contribution in [-0.2, 0) is 26.2 Å². The normalized spacial score (nSPS) is 21.1. The molecule has 0 unspecified atom stereocenters. The number of aromatic nitrogens is 1. The monoisotopic (exact) mass is 650 g/mol. The number of hydrogen-bond donors (Lipinski definition) is 4. The first kappa shape index (κ1) is 32.0. The summed E-state index contributed by atoms with van der Waals surface area (Å²) in [6.45, 7) is 0.361. The van der Waals surface area contributed by atoms with Crippen LogP contribution in [0.5, 0.6) is 0 Å². The molecule has 0 radical (unpaired) electrons. The molecular formula is C29H33F2N4O7PS. The number of H-pyrrole nitrogens is 1. The van der Waals surface area contributed by atoms with Gasteiger partial charge >= 0.3 is 13.3 Å². The molecule has 5 rings (SSSR count). The van der Waals surface area contributed by atoms with Crippen molar-refractivity contribution in [3.8, 4) is 0 Å². The zero-order valence-electron chi connectivity index (χ0n) is 23.9. The van der Waals surface area contributed by atoms with E-state index in [2.05, 4.69) is 10.3 Å². The summed E-state index contributed by atoms with van der Waals surface area (Å²) < 4.78 is 40.2. The zero-order valence-corrected chi connectivity index (χ0v) is 25.6. The molecule has 0 bridgehead atoms. The molecular weight excluding hydrogens is 617 g/mol. The van der Waals surface area contributed by atoms with Crippen molar-refractivity contribution >= 4 is 46.7 Å². The molecule has 2 aliphatic rings. The molecule has 2 aromatic heterocycles. The van der Waals surface area contributed by atoms with Crippen molar-refractivity contribution in [1.29, 1.82) is 0 Å². The number of pyridine rings is 1. The van der Waals surface area contributed by atoms with Crippen molar-refractivity contribution in [1.82, 2.24) is 20.1 Å². The van der Waals surface area contributed by atoms with Crippen molar-refractivity contribution in [2.24, 2.45) is 0 Å². The fraction of sp³-hybridized carbons (Fsp3) is 0.448. The van der Waals surface area contributed by atoms with E-state index >= 15 is 0 Å². The maximum absolute atomic E-state index is 14.2. The molecule has 3 amide bonds. The molecule has 4 N–H and O–H groups in total. The second-order valence-corrected chi connectivity index (χ2v) is 14.1. The van der Waals surface area contributed by atoms with Gasteiger partial charge in [0.05, 0.1) is 4.88 Å². The minimum atomic E-state index is -5.76. The summed E-state index contributed by atoms with van der Waals surface area (Å²) in [6, 6.07) is 6.04. The SMILES string of the molecule is CN(CCc1cc[nH]c(=O)c1)C(=O)[C@@H]1CC[C@@H]2CCCC[C@H](NC(=O)c3cc4cc(C(F)(F)P(=O)(O)O)ccc4s3)C(=O)N21. The maximum atomic E-state index is 14.2. The van der Waals surface area contributed by atoms with Crippen LogP contribution in [-0.4, -0.2) is 74.0 Å². The third-order valence-electron chi connectivity index (χ3n) is 8.33. The number of nitrogens with zero attached hydrogens (tertiary/aromatic N) is 2. The van der Waals surface area contributed by atoms with Crippen LogP contribution in [0.25, 0.3) is 10.1 Å². The largest absolute Gasteiger partial charge is 0.399 e. The van der Waals surface area contributed by atoms with Crippen molar-refractivity contribution < 1.29 is 37.5 Å². The zero-order chi connectivity index (χ0) is 31.8. The second-order valence-electron chi connectivity index (χ2n) is 11.3. The summed E-state index contributed by atoms with van der Waals surface area (Å²) in [6.07, 6.45) is 5.84. The predicted molar refractivity (Wildman–Crippen MR) is 160 cm³/mol. The minimum absolute atomic E-state index is 0.129. The molecule has 2 aliphatic heterocycles. The van der Waals surface area contributed by atoms with Gasteiger partial charge in [-0.2, -0.15) is 8.78 Å². The Hall–Kier alpha value is -3.45. The van der Waals surface area contributed by atoms with E-state index < -0.39 is 36.8 Å². The molecule has 3 atom stereocenters. The molecule has 44 heavy (non-hydrogen) atoms. The first-order chi connectivity index (χ1) is 20.8. The maximum Gasteiger partial charge on any atom is 0.399 e. The van der Waals surface area contributed by atoms with Crippen LogP contribution >= 0.6 is 18.9 Å². The van der Waals surface area contributed by atoms with Crippen LogP contribution in [0.4, 0.5) is 8.78 Å². The van der Waals surface area contributed by atoms with Crippen molar-refractivity contribution in [3.63, 3.8) is 0 Å². The lowest BCUT2D eigenvalue weighted by atomic mass is 9.99. The summed E-state index contributed by atoms with van der Waals surface area (Å²) in [5.41, 5.74) is -4.69. The van der Waals surface area contributed by atoms with Gasteiger partial charge in [0.2, 0.25) is 17.4 Å². The van der Waals surface area contributed by atoms with Crippen LogP contribution in [0.15, 0.2) is 47.4 Å². The number of aromatic amines is 1. The van der Waals surface area contributed by atoms with Crippen molar-refractivity contribution in [3.05, 3.63) is 69.0 Å². The molecule has 236 valence electrons. The standard InChI is InChI=1S/C29H33F2N4O7PS/c1-34(13-11-17-10-12-32-25(36)14-17)28(39)22-8-7-20-4-2-3-5-21(27(38)35(20)22)33-26(37)24-16-18-15-19(6-9-23(18)44-24)29(30,31)43(40,41)42/h6,9-10,12,14-16,20-22H,2-5,7-8,11,13H2,1H3,(H,32,36)(H,33,37)(H2,40,41,42)/t20-,21-,22-/m0/s1. The van der Waals surface area contributed by atoms with Gasteiger partial charge in [0.1, 0.15) is 12.1 Å². The van der Waals surface area contributed by atoms with Crippen LogP contribution < -0.4 is 10.9 Å². The van der Waals surface area contributed by atoms with E-state index in [1.165, 1.54) is 18.2 Å². The lowest BCUT2D eigenvalue weighted by Crippen LogP contribution is -2.56. The van der Waals surface area contributed by atoms with E-state index in [0.29, 0.717) is 43.3 Å². The van der Waals surface area contributed by atoms with E-state index in [9.17, 15) is 32.5 Å². The highest BCUT2D eigenvalue weighted by molar-refractivity contribution is 7.52. The molecule has 1 aromatic carbocycles. The van der Waals surface area contributed by atoms with Gasteiger partial charge < -0.3 is 29.9 Å². The van der Waals surface area contributed by atoms with Gasteiger partial charge in [-0.05, 0) is 67.3 Å². The number of thiophene rings is 1. The molecule has 4 heterocycles. The first-order valence-corrected chi connectivity index (χ1v) is 16.7. The summed E-state index contributed by atoms with van der Waals surface area (Å²) in [4.78, 5) is 76.3. The summed E-state index contributed by atoms with van der Waals surface area (Å²) in [5.74, 6) is -1.13. The molecule has 3 aromatic rings. The highest BCUT2D eigenvalue weighted by Crippen LogP contribution is 2.59. The van der Waals surface area contributed by atoms with Gasteiger partial charge in [0, 0.05) is 42.2 Å². The van der Waals surface area contributed by atoms with E-state index in [1.54, 1.807) is 29.1 Å². The summed E-state index contributed by atoms with van der Waals surface area (Å²) in [5, 5.41) is 3.00. The van der Waals surface area contributed by atoms with Crippen LogP contribution in [0.3, 0.4) is 0 Å². The number of benzene rings is 1. The fourth-order valence-electron chi connectivity index (χ4n) is 5.95. The third kappa shape index (κ3) is 6.49. The smallest absolute Gasteiger partial charge is 0.344 e. The van der Waals surface area contributed by atoms with E-state index in [0.717, 1.165) is 41.9 Å². The number of rotatable bonds is 8. The van der Waals surface area contributed by atoms with Crippen LogP contribution in [0.1, 0.15) is 59.3 Å². The Morgan fingerprint density at radius 1 is 1.11 bits per heavy atom. The van der Waals surface area contributed by atoms with Crippen molar-refractivity contribution in [2.75, 3.05) is 13.6 Å². The Labute approximate surface area is 255 Å². The molecule has 11 nitrogen and oxygen atoms in total. The second kappa shape index (κ2) is 12.5.